The summed E-state index contributed by atoms with van der Waals surface area (Å²) in [7, 11) is 0. The zero-order valence-corrected chi connectivity index (χ0v) is 12.1. The molecule has 19 heavy (non-hydrogen) atoms. The Morgan fingerprint density at radius 1 is 1.37 bits per heavy atom. The molecule has 7 heteroatoms. The molecule has 1 aliphatic rings. The maximum absolute atomic E-state index is 12.6. The minimum absolute atomic E-state index is 0.176. The molecule has 1 unspecified atom stereocenters. The zero-order chi connectivity index (χ0) is 14.0. The second kappa shape index (κ2) is 5.64. The molecule has 2 heterocycles. The zero-order valence-electron chi connectivity index (χ0n) is 10.5. The average Bonchev–Trinajstić information content (AvgIpc) is 2.38. The molecule has 0 aromatic carbocycles. The fourth-order valence-electron chi connectivity index (χ4n) is 2.22. The van der Waals surface area contributed by atoms with E-state index in [-0.39, 0.29) is 5.95 Å². The number of piperidine rings is 1. The van der Waals surface area contributed by atoms with Gasteiger partial charge in [-0.1, -0.05) is 22.9 Å². The third kappa shape index (κ3) is 3.58. The van der Waals surface area contributed by atoms with E-state index in [1.54, 1.807) is 0 Å². The summed E-state index contributed by atoms with van der Waals surface area (Å²) in [5.74, 6) is 0.734. The summed E-state index contributed by atoms with van der Waals surface area (Å²) in [6, 6.07) is 0.900. The lowest BCUT2D eigenvalue weighted by atomic mass is 9.94. The van der Waals surface area contributed by atoms with E-state index in [1.807, 2.05) is 4.90 Å². The van der Waals surface area contributed by atoms with E-state index in [1.165, 1.54) is 6.20 Å². The molecule has 3 nitrogen and oxygen atoms in total. The van der Waals surface area contributed by atoms with E-state index >= 15 is 0 Å². The molecule has 1 fully saturated rings. The fraction of sp³-hybridized carbons (Fsp3) is 0.667. The summed E-state index contributed by atoms with van der Waals surface area (Å²) in [5, 5.41) is 0. The Morgan fingerprint density at radius 2 is 2.00 bits per heavy atom. The van der Waals surface area contributed by atoms with Gasteiger partial charge in [0.1, 0.15) is 5.69 Å². The van der Waals surface area contributed by atoms with Gasteiger partial charge in [0, 0.05) is 24.1 Å². The highest BCUT2D eigenvalue weighted by molar-refractivity contribution is 9.09. The maximum Gasteiger partial charge on any atom is 0.433 e. The summed E-state index contributed by atoms with van der Waals surface area (Å²) in [5.41, 5.74) is -0.881. The van der Waals surface area contributed by atoms with Gasteiger partial charge in [0.25, 0.3) is 0 Å². The number of rotatable bonds is 2. The van der Waals surface area contributed by atoms with Crippen LogP contribution in [0.4, 0.5) is 19.1 Å². The highest BCUT2D eigenvalue weighted by Crippen LogP contribution is 2.30. The van der Waals surface area contributed by atoms with Gasteiger partial charge >= 0.3 is 6.18 Å². The van der Waals surface area contributed by atoms with Crippen molar-refractivity contribution in [1.82, 2.24) is 9.97 Å². The first-order valence-electron chi connectivity index (χ1n) is 6.17. The lowest BCUT2D eigenvalue weighted by Gasteiger charge is -2.33. The number of anilines is 1. The molecular weight excluding hydrogens is 323 g/mol. The van der Waals surface area contributed by atoms with Crippen molar-refractivity contribution in [2.45, 2.75) is 30.8 Å². The van der Waals surface area contributed by atoms with E-state index in [0.29, 0.717) is 23.8 Å². The SMILES string of the molecule is CC(Br)C1CCN(c2nccc(C(F)(F)F)n2)CC1. The van der Waals surface area contributed by atoms with E-state index in [0.717, 1.165) is 18.9 Å². The number of halogens is 4. The number of aromatic nitrogens is 2. The first-order valence-corrected chi connectivity index (χ1v) is 7.09. The predicted octanol–water partition coefficient (Wildman–Crippen LogP) is 3.50. The lowest BCUT2D eigenvalue weighted by molar-refractivity contribution is -0.141. The quantitative estimate of drug-likeness (QED) is 0.773. The van der Waals surface area contributed by atoms with E-state index < -0.39 is 11.9 Å². The van der Waals surface area contributed by atoms with Gasteiger partial charge in [0.05, 0.1) is 0 Å². The molecule has 1 saturated heterocycles. The molecule has 1 atom stereocenters. The fourth-order valence-corrected chi connectivity index (χ4v) is 2.75. The second-order valence-electron chi connectivity index (χ2n) is 4.74. The molecule has 0 radical (unpaired) electrons. The first-order chi connectivity index (χ1) is 8.88. The molecule has 0 amide bonds. The molecule has 106 valence electrons. The van der Waals surface area contributed by atoms with Gasteiger partial charge in [-0.3, -0.25) is 0 Å². The summed E-state index contributed by atoms with van der Waals surface area (Å²) < 4.78 is 37.8. The molecule has 0 aliphatic carbocycles. The Labute approximate surface area is 118 Å². The number of nitrogens with zero attached hydrogens (tertiary/aromatic N) is 3. The van der Waals surface area contributed by atoms with Crippen LogP contribution in [-0.2, 0) is 6.18 Å². The number of hydrogen-bond donors (Lipinski definition) is 0. The molecule has 2 rings (SSSR count). The normalized spacial score (nSPS) is 19.5. The second-order valence-corrected chi connectivity index (χ2v) is 6.19. The topological polar surface area (TPSA) is 29.0 Å². The van der Waals surface area contributed by atoms with Crippen LogP contribution < -0.4 is 4.90 Å². The van der Waals surface area contributed by atoms with Gasteiger partial charge in [0.2, 0.25) is 5.95 Å². The van der Waals surface area contributed by atoms with Crippen LogP contribution in [0.3, 0.4) is 0 Å². The molecule has 0 bridgehead atoms. The number of hydrogen-bond acceptors (Lipinski definition) is 3. The molecule has 1 aliphatic heterocycles. The Balaban J connectivity index is 2.08. The van der Waals surface area contributed by atoms with Crippen molar-refractivity contribution in [2.75, 3.05) is 18.0 Å². The van der Waals surface area contributed by atoms with Gasteiger partial charge < -0.3 is 4.90 Å². The maximum atomic E-state index is 12.6. The number of alkyl halides is 4. The van der Waals surface area contributed by atoms with Crippen molar-refractivity contribution < 1.29 is 13.2 Å². The highest BCUT2D eigenvalue weighted by Gasteiger charge is 2.33. The Hall–Kier alpha value is -0.850. The largest absolute Gasteiger partial charge is 0.433 e. The Kier molecular flexibility index (Phi) is 4.32. The van der Waals surface area contributed by atoms with Gasteiger partial charge in [-0.25, -0.2) is 9.97 Å². The third-order valence-electron chi connectivity index (χ3n) is 3.41. The molecule has 0 saturated carbocycles. The van der Waals surface area contributed by atoms with Crippen molar-refractivity contribution in [2.24, 2.45) is 5.92 Å². The van der Waals surface area contributed by atoms with Crippen molar-refractivity contribution in [3.8, 4) is 0 Å². The van der Waals surface area contributed by atoms with Gasteiger partial charge in [-0.05, 0) is 24.8 Å². The average molecular weight is 338 g/mol. The Bertz CT molecular complexity index is 428. The van der Waals surface area contributed by atoms with Crippen LogP contribution in [0.2, 0.25) is 0 Å². The monoisotopic (exact) mass is 337 g/mol. The molecular formula is C12H15BrF3N3. The van der Waals surface area contributed by atoms with Gasteiger partial charge in [0.15, 0.2) is 0 Å². The van der Waals surface area contributed by atoms with Crippen molar-refractivity contribution in [3.05, 3.63) is 18.0 Å². The van der Waals surface area contributed by atoms with Crippen LogP contribution in [0.25, 0.3) is 0 Å². The van der Waals surface area contributed by atoms with Crippen LogP contribution in [0.5, 0.6) is 0 Å². The molecule has 1 aromatic heterocycles. The predicted molar refractivity (Wildman–Crippen MR) is 70.4 cm³/mol. The summed E-state index contributed by atoms with van der Waals surface area (Å²) in [6.07, 6.45) is -1.37. The molecule has 1 aromatic rings. The van der Waals surface area contributed by atoms with Crippen LogP contribution in [0.15, 0.2) is 12.3 Å². The molecule has 0 spiro atoms. The van der Waals surface area contributed by atoms with E-state index in [9.17, 15) is 13.2 Å². The van der Waals surface area contributed by atoms with Gasteiger partial charge in [-0.15, -0.1) is 0 Å². The van der Waals surface area contributed by atoms with Gasteiger partial charge in [-0.2, -0.15) is 13.2 Å². The van der Waals surface area contributed by atoms with E-state index in [4.69, 9.17) is 0 Å². The summed E-state index contributed by atoms with van der Waals surface area (Å²) >= 11 is 3.55. The Morgan fingerprint density at radius 3 is 2.53 bits per heavy atom. The lowest BCUT2D eigenvalue weighted by Crippen LogP contribution is -2.37. The third-order valence-corrected chi connectivity index (χ3v) is 4.15. The van der Waals surface area contributed by atoms with Crippen molar-refractivity contribution in [3.63, 3.8) is 0 Å². The first kappa shape index (κ1) is 14.6. The standard InChI is InChI=1S/C12H15BrF3N3/c1-8(13)9-3-6-19(7-4-9)11-17-5-2-10(18-11)12(14,15)16/h2,5,8-9H,3-4,6-7H2,1H3. The van der Waals surface area contributed by atoms with E-state index in [2.05, 4.69) is 32.8 Å². The summed E-state index contributed by atoms with van der Waals surface area (Å²) in [6.45, 7) is 3.49. The van der Waals surface area contributed by atoms with Crippen molar-refractivity contribution >= 4 is 21.9 Å². The molecule has 0 N–H and O–H groups in total. The van der Waals surface area contributed by atoms with Crippen LogP contribution >= 0.6 is 15.9 Å². The summed E-state index contributed by atoms with van der Waals surface area (Å²) in [4.78, 5) is 9.81. The highest BCUT2D eigenvalue weighted by atomic mass is 79.9. The van der Waals surface area contributed by atoms with Crippen molar-refractivity contribution in [1.29, 1.82) is 0 Å². The minimum Gasteiger partial charge on any atom is -0.341 e. The van der Waals surface area contributed by atoms with Crippen LogP contribution in [0, 0.1) is 5.92 Å². The van der Waals surface area contributed by atoms with Crippen LogP contribution in [0.1, 0.15) is 25.5 Å². The smallest absolute Gasteiger partial charge is 0.341 e. The van der Waals surface area contributed by atoms with Crippen LogP contribution in [-0.4, -0.2) is 27.9 Å². The minimum atomic E-state index is -4.42.